The zero-order valence-corrected chi connectivity index (χ0v) is 18.6. The van der Waals surface area contributed by atoms with Gasteiger partial charge in [0.1, 0.15) is 0 Å². The molecule has 1 amide bonds. The third kappa shape index (κ3) is 4.96. The molecule has 6 heteroatoms. The van der Waals surface area contributed by atoms with Gasteiger partial charge >= 0.3 is 0 Å². The number of hydrogen-bond donors (Lipinski definition) is 0. The largest absolute Gasteiger partial charge is 0.342 e. The van der Waals surface area contributed by atoms with Crippen molar-refractivity contribution in [2.24, 2.45) is 0 Å². The molecule has 1 fully saturated rings. The highest BCUT2D eigenvalue weighted by molar-refractivity contribution is 7.91. The Labute approximate surface area is 184 Å². The molecule has 1 aliphatic heterocycles. The van der Waals surface area contributed by atoms with Crippen molar-refractivity contribution in [3.05, 3.63) is 72.1 Å². The number of sulfone groups is 1. The number of amides is 1. The fraction of sp³-hybridized carbons (Fsp3) is 0.360. The molecule has 1 saturated heterocycles. The molecule has 0 unspecified atom stereocenters. The van der Waals surface area contributed by atoms with Crippen LogP contribution in [0.3, 0.4) is 0 Å². The highest BCUT2D eigenvalue weighted by Gasteiger charge is 2.27. The third-order valence-electron chi connectivity index (χ3n) is 6.12. The van der Waals surface area contributed by atoms with Gasteiger partial charge in [-0.05, 0) is 48.4 Å². The molecule has 0 radical (unpaired) electrons. The zero-order valence-electron chi connectivity index (χ0n) is 17.8. The van der Waals surface area contributed by atoms with E-state index in [0.29, 0.717) is 13.1 Å². The van der Waals surface area contributed by atoms with Crippen molar-refractivity contribution in [2.75, 3.05) is 18.8 Å². The zero-order chi connectivity index (χ0) is 21.8. The van der Waals surface area contributed by atoms with Gasteiger partial charge in [-0.1, -0.05) is 43.3 Å². The molecule has 0 saturated carbocycles. The third-order valence-corrected chi connectivity index (χ3v) is 7.85. The van der Waals surface area contributed by atoms with Crippen LogP contribution in [0.5, 0.6) is 0 Å². The summed E-state index contributed by atoms with van der Waals surface area (Å²) in [5.41, 5.74) is 2.09. The van der Waals surface area contributed by atoms with Crippen molar-refractivity contribution in [1.82, 2.24) is 9.88 Å². The van der Waals surface area contributed by atoms with E-state index in [1.807, 2.05) is 43.5 Å². The summed E-state index contributed by atoms with van der Waals surface area (Å²) >= 11 is 0. The minimum atomic E-state index is -3.47. The van der Waals surface area contributed by atoms with Crippen molar-refractivity contribution < 1.29 is 13.2 Å². The Morgan fingerprint density at radius 2 is 1.84 bits per heavy atom. The first-order chi connectivity index (χ1) is 15.0. The van der Waals surface area contributed by atoms with Crippen LogP contribution in [-0.4, -0.2) is 43.1 Å². The van der Waals surface area contributed by atoms with E-state index in [1.165, 1.54) is 0 Å². The molecule has 0 bridgehead atoms. The minimum Gasteiger partial charge on any atom is -0.342 e. The summed E-state index contributed by atoms with van der Waals surface area (Å²) < 4.78 is 25.3. The van der Waals surface area contributed by atoms with Gasteiger partial charge in [0.05, 0.1) is 10.6 Å². The van der Waals surface area contributed by atoms with Gasteiger partial charge in [0.25, 0.3) is 0 Å². The summed E-state index contributed by atoms with van der Waals surface area (Å²) in [6, 6.07) is 17.2. The lowest BCUT2D eigenvalue weighted by molar-refractivity contribution is -0.132. The Kier molecular flexibility index (Phi) is 6.37. The molecule has 31 heavy (non-hydrogen) atoms. The number of piperidine rings is 1. The molecule has 0 aliphatic carbocycles. The normalized spacial score (nSPS) is 17.1. The Hall–Kier alpha value is -2.73. The highest BCUT2D eigenvalue weighted by Crippen LogP contribution is 2.28. The maximum Gasteiger partial charge on any atom is 0.223 e. The SMILES string of the molecule is CCc1ccc(S(=O)(=O)CCC(=O)N2CCC[C@H](c3cc4ccccc4cn3)C2)cc1. The van der Waals surface area contributed by atoms with Crippen LogP contribution in [0.4, 0.5) is 0 Å². The van der Waals surface area contributed by atoms with Gasteiger partial charge in [-0.15, -0.1) is 0 Å². The Bertz CT molecular complexity index is 1170. The number of aryl methyl sites for hydroxylation is 1. The van der Waals surface area contributed by atoms with E-state index in [9.17, 15) is 13.2 Å². The van der Waals surface area contributed by atoms with Crippen LogP contribution in [0.2, 0.25) is 0 Å². The van der Waals surface area contributed by atoms with Crippen LogP contribution < -0.4 is 0 Å². The summed E-state index contributed by atoms with van der Waals surface area (Å²) in [4.78, 5) is 19.5. The van der Waals surface area contributed by atoms with E-state index in [1.54, 1.807) is 17.0 Å². The summed E-state index contributed by atoms with van der Waals surface area (Å²) in [5.74, 6) is -0.0769. The first kappa shape index (κ1) is 21.5. The van der Waals surface area contributed by atoms with Crippen molar-refractivity contribution in [3.63, 3.8) is 0 Å². The van der Waals surface area contributed by atoms with Gasteiger partial charge in [-0.3, -0.25) is 9.78 Å². The molecule has 1 aliphatic rings. The van der Waals surface area contributed by atoms with Crippen LogP contribution in [0.15, 0.2) is 65.7 Å². The fourth-order valence-corrected chi connectivity index (χ4v) is 5.43. The second-order valence-electron chi connectivity index (χ2n) is 8.20. The fourth-order valence-electron chi connectivity index (χ4n) is 4.20. The van der Waals surface area contributed by atoms with Gasteiger partial charge in [0, 0.05) is 42.7 Å². The number of likely N-dealkylation sites (tertiary alicyclic amines) is 1. The molecular weight excluding hydrogens is 408 g/mol. The number of carbonyl (C=O) groups is 1. The Balaban J connectivity index is 1.40. The lowest BCUT2D eigenvalue weighted by atomic mass is 9.93. The monoisotopic (exact) mass is 436 g/mol. The van der Waals surface area contributed by atoms with Crippen molar-refractivity contribution >= 4 is 26.5 Å². The van der Waals surface area contributed by atoms with Crippen LogP contribution in [0.25, 0.3) is 10.8 Å². The summed E-state index contributed by atoms with van der Waals surface area (Å²) in [6.07, 6.45) is 4.64. The van der Waals surface area contributed by atoms with E-state index in [-0.39, 0.29) is 28.9 Å². The second kappa shape index (κ2) is 9.18. The number of benzene rings is 2. The van der Waals surface area contributed by atoms with Crippen LogP contribution >= 0.6 is 0 Å². The molecule has 2 heterocycles. The number of hydrogen-bond acceptors (Lipinski definition) is 4. The highest BCUT2D eigenvalue weighted by atomic mass is 32.2. The average molecular weight is 437 g/mol. The molecule has 5 nitrogen and oxygen atoms in total. The van der Waals surface area contributed by atoms with E-state index < -0.39 is 9.84 Å². The molecule has 162 valence electrons. The van der Waals surface area contributed by atoms with E-state index >= 15 is 0 Å². The quantitative estimate of drug-likeness (QED) is 0.576. The number of pyridine rings is 1. The maximum atomic E-state index is 12.8. The first-order valence-corrected chi connectivity index (χ1v) is 12.6. The summed E-state index contributed by atoms with van der Waals surface area (Å²) in [5, 5.41) is 2.25. The predicted octanol–water partition coefficient (Wildman–Crippen LogP) is 4.37. The lowest BCUT2D eigenvalue weighted by Crippen LogP contribution is -2.39. The molecule has 4 rings (SSSR count). The smallest absolute Gasteiger partial charge is 0.223 e. The van der Waals surface area contributed by atoms with Gasteiger partial charge in [-0.2, -0.15) is 0 Å². The van der Waals surface area contributed by atoms with Crippen LogP contribution in [0, 0.1) is 0 Å². The average Bonchev–Trinajstić information content (AvgIpc) is 2.82. The topological polar surface area (TPSA) is 67.3 Å². The van der Waals surface area contributed by atoms with Gasteiger partial charge < -0.3 is 4.90 Å². The Morgan fingerprint density at radius 3 is 2.58 bits per heavy atom. The number of aromatic nitrogens is 1. The van der Waals surface area contributed by atoms with E-state index in [4.69, 9.17) is 0 Å². The number of fused-ring (bicyclic) bond motifs is 1. The molecular formula is C25H28N2O3S. The van der Waals surface area contributed by atoms with Gasteiger partial charge in [-0.25, -0.2) is 8.42 Å². The predicted molar refractivity (Wildman–Crippen MR) is 123 cm³/mol. The van der Waals surface area contributed by atoms with Gasteiger partial charge in [0.2, 0.25) is 5.91 Å². The summed E-state index contributed by atoms with van der Waals surface area (Å²) in [6.45, 7) is 3.30. The molecule has 0 N–H and O–H groups in total. The summed E-state index contributed by atoms with van der Waals surface area (Å²) in [7, 11) is -3.47. The molecule has 3 aromatic rings. The standard InChI is InChI=1S/C25H28N2O3S/c1-2-19-9-11-23(12-10-19)31(29,30)15-13-25(28)27-14-5-8-22(18-27)24-16-20-6-3-4-7-21(20)17-26-24/h3-4,6-7,9-12,16-17,22H,2,5,8,13-15,18H2,1H3/t22-/m0/s1. The molecule has 1 aromatic heterocycles. The Morgan fingerprint density at radius 1 is 1.10 bits per heavy atom. The van der Waals surface area contributed by atoms with Crippen LogP contribution in [0.1, 0.15) is 43.4 Å². The van der Waals surface area contributed by atoms with Crippen molar-refractivity contribution in [1.29, 1.82) is 0 Å². The van der Waals surface area contributed by atoms with Crippen molar-refractivity contribution in [3.8, 4) is 0 Å². The van der Waals surface area contributed by atoms with Crippen molar-refractivity contribution in [2.45, 2.75) is 43.4 Å². The van der Waals surface area contributed by atoms with E-state index in [0.717, 1.165) is 41.3 Å². The molecule has 0 spiro atoms. The first-order valence-electron chi connectivity index (χ1n) is 10.9. The van der Waals surface area contributed by atoms with Gasteiger partial charge in [0.15, 0.2) is 9.84 Å². The minimum absolute atomic E-state index is 0.00965. The number of nitrogens with zero attached hydrogens (tertiary/aromatic N) is 2. The number of rotatable bonds is 6. The molecule has 1 atom stereocenters. The molecule has 2 aromatic carbocycles. The maximum absolute atomic E-state index is 12.8. The van der Waals surface area contributed by atoms with Crippen LogP contribution in [-0.2, 0) is 21.1 Å². The van der Waals surface area contributed by atoms with E-state index in [2.05, 4.69) is 17.1 Å². The number of carbonyl (C=O) groups excluding carboxylic acids is 1. The second-order valence-corrected chi connectivity index (χ2v) is 10.3. The lowest BCUT2D eigenvalue weighted by Gasteiger charge is -2.32.